The molecule has 1 aromatic rings. The molecule has 0 saturated carbocycles. The molecule has 0 atom stereocenters. The predicted molar refractivity (Wildman–Crippen MR) is 57.6 cm³/mol. The number of carbonyl (C=O) groups is 1. The van der Waals surface area contributed by atoms with Crippen molar-refractivity contribution in [2.45, 2.75) is 32.7 Å². The monoisotopic (exact) mass is 230 g/mol. The molecule has 0 aliphatic carbocycles. The Morgan fingerprint density at radius 2 is 2.20 bits per heavy atom. The van der Waals surface area contributed by atoms with Gasteiger partial charge in [-0.05, 0) is 0 Å². The average Bonchev–Trinajstić information content (AvgIpc) is 2.61. The summed E-state index contributed by atoms with van der Waals surface area (Å²) >= 11 is 5.34. The molecule has 5 nitrogen and oxygen atoms in total. The number of rotatable bonds is 3. The molecule has 1 rings (SSSR count). The summed E-state index contributed by atoms with van der Waals surface area (Å²) in [6.45, 7) is 6.40. The minimum absolute atomic E-state index is 0.0414. The Morgan fingerprint density at radius 1 is 1.53 bits per heavy atom. The lowest BCUT2D eigenvalue weighted by Crippen LogP contribution is -2.24. The average molecular weight is 231 g/mol. The first kappa shape index (κ1) is 12.0. The number of aromatic amines is 1. The highest BCUT2D eigenvalue weighted by molar-refractivity contribution is 6.27. The van der Waals surface area contributed by atoms with Crippen LogP contribution >= 0.6 is 11.6 Å². The number of hydrogen-bond donors (Lipinski definition) is 2. The van der Waals surface area contributed by atoms with E-state index >= 15 is 0 Å². The maximum Gasteiger partial charge on any atom is 0.235 e. The molecule has 0 aliphatic heterocycles. The van der Waals surface area contributed by atoms with E-state index in [4.69, 9.17) is 11.6 Å². The number of halogens is 1. The minimum atomic E-state index is -0.217. The number of aromatic nitrogens is 3. The zero-order valence-corrected chi connectivity index (χ0v) is 9.85. The van der Waals surface area contributed by atoms with Gasteiger partial charge in [0.1, 0.15) is 11.7 Å². The van der Waals surface area contributed by atoms with Crippen molar-refractivity contribution < 1.29 is 4.79 Å². The second kappa shape index (κ2) is 4.61. The van der Waals surface area contributed by atoms with Gasteiger partial charge in [0.25, 0.3) is 0 Å². The van der Waals surface area contributed by atoms with Gasteiger partial charge in [0.2, 0.25) is 5.91 Å². The summed E-state index contributed by atoms with van der Waals surface area (Å²) in [4.78, 5) is 15.1. The Balaban J connectivity index is 2.58. The van der Waals surface area contributed by atoms with Gasteiger partial charge in [-0.25, -0.2) is 4.98 Å². The Kier molecular flexibility index (Phi) is 3.68. The molecule has 84 valence electrons. The minimum Gasteiger partial charge on any atom is -0.348 e. The number of amides is 1. The number of nitrogens with zero attached hydrogens (tertiary/aromatic N) is 2. The van der Waals surface area contributed by atoms with Crippen LogP contribution in [-0.2, 0) is 16.8 Å². The molecule has 6 heteroatoms. The number of alkyl halides is 1. The summed E-state index contributed by atoms with van der Waals surface area (Å²) < 4.78 is 0. The van der Waals surface area contributed by atoms with Crippen molar-refractivity contribution in [2.24, 2.45) is 0 Å². The van der Waals surface area contributed by atoms with E-state index in [9.17, 15) is 4.79 Å². The van der Waals surface area contributed by atoms with Crippen molar-refractivity contribution in [3.63, 3.8) is 0 Å². The molecular formula is C9H15ClN4O. The Hall–Kier alpha value is -1.10. The molecule has 0 aromatic carbocycles. The Bertz CT molecular complexity index is 342. The maximum absolute atomic E-state index is 10.9. The van der Waals surface area contributed by atoms with E-state index in [2.05, 4.69) is 20.5 Å². The van der Waals surface area contributed by atoms with Gasteiger partial charge in [-0.1, -0.05) is 20.8 Å². The smallest absolute Gasteiger partial charge is 0.235 e. The third kappa shape index (κ3) is 3.51. The fourth-order valence-electron chi connectivity index (χ4n) is 0.939. The van der Waals surface area contributed by atoms with E-state index in [1.807, 2.05) is 20.8 Å². The highest BCUT2D eigenvalue weighted by atomic mass is 35.5. The lowest BCUT2D eigenvalue weighted by molar-refractivity contribution is -0.118. The van der Waals surface area contributed by atoms with Crippen LogP contribution in [0.4, 0.5) is 0 Å². The van der Waals surface area contributed by atoms with Crippen LogP contribution in [0.1, 0.15) is 32.4 Å². The van der Waals surface area contributed by atoms with Crippen molar-refractivity contribution in [1.29, 1.82) is 0 Å². The first-order valence-electron chi connectivity index (χ1n) is 4.68. The SMILES string of the molecule is CC(C)(C)c1n[nH]c(CNC(=O)CCl)n1. The molecule has 0 aliphatic rings. The Labute approximate surface area is 93.6 Å². The first-order chi connectivity index (χ1) is 6.93. The van der Waals surface area contributed by atoms with Gasteiger partial charge >= 0.3 is 0 Å². The normalized spacial score (nSPS) is 11.5. The van der Waals surface area contributed by atoms with Gasteiger partial charge in [-0.3, -0.25) is 9.89 Å². The van der Waals surface area contributed by atoms with E-state index in [0.717, 1.165) is 5.82 Å². The van der Waals surface area contributed by atoms with Gasteiger partial charge in [-0.15, -0.1) is 11.6 Å². The van der Waals surface area contributed by atoms with E-state index < -0.39 is 0 Å². The van der Waals surface area contributed by atoms with Gasteiger partial charge < -0.3 is 5.32 Å². The molecular weight excluding hydrogens is 216 g/mol. The van der Waals surface area contributed by atoms with Crippen molar-refractivity contribution in [1.82, 2.24) is 20.5 Å². The van der Waals surface area contributed by atoms with Crippen LogP contribution in [0.3, 0.4) is 0 Å². The lowest BCUT2D eigenvalue weighted by Gasteiger charge is -2.11. The topological polar surface area (TPSA) is 70.7 Å². The summed E-state index contributed by atoms with van der Waals surface area (Å²) in [6, 6.07) is 0. The predicted octanol–water partition coefficient (Wildman–Crippen LogP) is 0.957. The van der Waals surface area contributed by atoms with Crippen LogP contribution in [0.5, 0.6) is 0 Å². The molecule has 2 N–H and O–H groups in total. The quantitative estimate of drug-likeness (QED) is 0.760. The number of hydrogen-bond acceptors (Lipinski definition) is 3. The van der Waals surface area contributed by atoms with Crippen LogP contribution in [0.2, 0.25) is 0 Å². The van der Waals surface area contributed by atoms with Crippen molar-refractivity contribution in [3.8, 4) is 0 Å². The molecule has 1 aromatic heterocycles. The van der Waals surface area contributed by atoms with Gasteiger partial charge in [-0.2, -0.15) is 5.10 Å². The molecule has 0 saturated heterocycles. The molecule has 0 spiro atoms. The van der Waals surface area contributed by atoms with Gasteiger partial charge in [0.05, 0.1) is 6.54 Å². The van der Waals surface area contributed by atoms with Crippen molar-refractivity contribution in [2.75, 3.05) is 5.88 Å². The summed E-state index contributed by atoms with van der Waals surface area (Å²) in [5.74, 6) is 1.11. The van der Waals surface area contributed by atoms with Crippen molar-refractivity contribution >= 4 is 17.5 Å². The van der Waals surface area contributed by atoms with Crippen LogP contribution < -0.4 is 5.32 Å². The number of nitrogens with one attached hydrogen (secondary N) is 2. The molecule has 0 unspecified atom stereocenters. The van der Waals surface area contributed by atoms with Crippen LogP contribution in [0.15, 0.2) is 0 Å². The molecule has 0 radical (unpaired) electrons. The molecule has 1 heterocycles. The first-order valence-corrected chi connectivity index (χ1v) is 5.21. The fraction of sp³-hybridized carbons (Fsp3) is 0.667. The summed E-state index contributed by atoms with van der Waals surface area (Å²) in [5.41, 5.74) is -0.0920. The highest BCUT2D eigenvalue weighted by Gasteiger charge is 2.19. The zero-order valence-electron chi connectivity index (χ0n) is 9.09. The lowest BCUT2D eigenvalue weighted by atomic mass is 9.96. The molecule has 0 fully saturated rings. The third-order valence-corrected chi connectivity index (χ3v) is 2.02. The standard InChI is InChI=1S/C9H15ClN4O/c1-9(2,3)8-12-6(13-14-8)5-11-7(15)4-10/h4-5H2,1-3H3,(H,11,15)(H,12,13,14). The summed E-state index contributed by atoms with van der Waals surface area (Å²) in [7, 11) is 0. The largest absolute Gasteiger partial charge is 0.348 e. The van der Waals surface area contributed by atoms with E-state index in [1.54, 1.807) is 0 Å². The van der Waals surface area contributed by atoms with Crippen molar-refractivity contribution in [3.05, 3.63) is 11.6 Å². The molecule has 1 amide bonds. The Morgan fingerprint density at radius 3 is 2.67 bits per heavy atom. The van der Waals surface area contributed by atoms with Crippen LogP contribution in [0.25, 0.3) is 0 Å². The van der Waals surface area contributed by atoms with Gasteiger partial charge in [0, 0.05) is 5.41 Å². The van der Waals surface area contributed by atoms with Crippen LogP contribution in [-0.4, -0.2) is 27.0 Å². The van der Waals surface area contributed by atoms with Gasteiger partial charge in [0.15, 0.2) is 5.82 Å². The highest BCUT2D eigenvalue weighted by Crippen LogP contribution is 2.16. The van der Waals surface area contributed by atoms with E-state index in [-0.39, 0.29) is 17.2 Å². The summed E-state index contributed by atoms with van der Waals surface area (Å²) in [5, 5.41) is 9.45. The fourth-order valence-corrected chi connectivity index (χ4v) is 1.03. The molecule has 0 bridgehead atoms. The zero-order chi connectivity index (χ0) is 11.5. The van der Waals surface area contributed by atoms with E-state index in [0.29, 0.717) is 12.4 Å². The summed E-state index contributed by atoms with van der Waals surface area (Å²) in [6.07, 6.45) is 0. The second-order valence-electron chi connectivity index (χ2n) is 4.27. The maximum atomic E-state index is 10.9. The molecule has 15 heavy (non-hydrogen) atoms. The number of H-pyrrole nitrogens is 1. The van der Waals surface area contributed by atoms with Crippen LogP contribution in [0, 0.1) is 0 Å². The second-order valence-corrected chi connectivity index (χ2v) is 4.53. The van der Waals surface area contributed by atoms with E-state index in [1.165, 1.54) is 0 Å². The number of carbonyl (C=O) groups excluding carboxylic acids is 1. The third-order valence-electron chi connectivity index (χ3n) is 1.78.